The van der Waals surface area contributed by atoms with Crippen LogP contribution in [0.1, 0.15) is 18.1 Å². The summed E-state index contributed by atoms with van der Waals surface area (Å²) in [5.41, 5.74) is 2.44. The molecule has 8 heteroatoms. The SMILES string of the molecule is CCOc1ccccc1NC1=C(c2ccc([N+](=O)[O-])cc2)C(=O)N(c2ccc(C)cc2)C1=O. The molecule has 0 aromatic heterocycles. The third-order valence-corrected chi connectivity index (χ3v) is 5.19. The van der Waals surface area contributed by atoms with Crippen LogP contribution in [0.25, 0.3) is 5.57 Å². The highest BCUT2D eigenvalue weighted by Crippen LogP contribution is 2.36. The topological polar surface area (TPSA) is 102 Å². The van der Waals surface area contributed by atoms with E-state index >= 15 is 0 Å². The minimum Gasteiger partial charge on any atom is -0.492 e. The summed E-state index contributed by atoms with van der Waals surface area (Å²) in [6.07, 6.45) is 0. The van der Waals surface area contributed by atoms with Crippen LogP contribution in [-0.2, 0) is 9.59 Å². The van der Waals surface area contributed by atoms with Gasteiger partial charge in [0, 0.05) is 12.1 Å². The first-order valence-electron chi connectivity index (χ1n) is 10.3. The van der Waals surface area contributed by atoms with E-state index in [-0.39, 0.29) is 17.0 Å². The van der Waals surface area contributed by atoms with Crippen molar-refractivity contribution >= 4 is 34.4 Å². The van der Waals surface area contributed by atoms with E-state index in [2.05, 4.69) is 5.32 Å². The van der Waals surface area contributed by atoms with Crippen LogP contribution in [0, 0.1) is 17.0 Å². The molecule has 1 N–H and O–H groups in total. The molecule has 3 aromatic rings. The molecule has 33 heavy (non-hydrogen) atoms. The van der Waals surface area contributed by atoms with Crippen molar-refractivity contribution in [3.63, 3.8) is 0 Å². The number of nitro benzene ring substituents is 1. The molecule has 0 saturated carbocycles. The summed E-state index contributed by atoms with van der Waals surface area (Å²) in [5.74, 6) is -0.512. The van der Waals surface area contributed by atoms with Crippen molar-refractivity contribution in [1.29, 1.82) is 0 Å². The molecule has 8 nitrogen and oxygen atoms in total. The van der Waals surface area contributed by atoms with Crippen molar-refractivity contribution in [2.75, 3.05) is 16.8 Å². The monoisotopic (exact) mass is 443 g/mol. The maximum atomic E-state index is 13.5. The molecule has 4 rings (SSSR count). The highest BCUT2D eigenvalue weighted by Gasteiger charge is 2.40. The second-order valence-electron chi connectivity index (χ2n) is 7.39. The summed E-state index contributed by atoms with van der Waals surface area (Å²) in [6.45, 7) is 4.19. The summed E-state index contributed by atoms with van der Waals surface area (Å²) >= 11 is 0. The fraction of sp³-hybridized carbons (Fsp3) is 0.120. The first kappa shape index (κ1) is 21.8. The minimum absolute atomic E-state index is 0.0709. The molecule has 0 saturated heterocycles. The molecule has 166 valence electrons. The van der Waals surface area contributed by atoms with Gasteiger partial charge in [-0.2, -0.15) is 0 Å². The van der Waals surface area contributed by atoms with Gasteiger partial charge < -0.3 is 10.1 Å². The third kappa shape index (κ3) is 4.18. The molecule has 1 aliphatic rings. The van der Waals surface area contributed by atoms with Crippen molar-refractivity contribution < 1.29 is 19.2 Å². The Hall–Kier alpha value is -4.46. The van der Waals surface area contributed by atoms with E-state index in [9.17, 15) is 19.7 Å². The Bertz CT molecular complexity index is 1260. The number of nitrogens with one attached hydrogen (secondary N) is 1. The standard InChI is InChI=1S/C25H21N3O5/c1-3-33-21-7-5-4-6-20(21)26-23-22(17-10-14-19(15-11-17)28(31)32)24(29)27(25(23)30)18-12-8-16(2)9-13-18/h4-15,26H,3H2,1-2H3. The van der Waals surface area contributed by atoms with Crippen molar-refractivity contribution in [3.8, 4) is 5.75 Å². The summed E-state index contributed by atoms with van der Waals surface area (Å²) in [5, 5.41) is 14.1. The molecule has 1 heterocycles. The van der Waals surface area contributed by atoms with E-state index < -0.39 is 16.7 Å². The second-order valence-corrected chi connectivity index (χ2v) is 7.39. The lowest BCUT2D eigenvalue weighted by atomic mass is 10.0. The lowest BCUT2D eigenvalue weighted by Gasteiger charge is -2.16. The van der Waals surface area contributed by atoms with Gasteiger partial charge in [0.25, 0.3) is 17.5 Å². The number of para-hydroxylation sites is 2. The van der Waals surface area contributed by atoms with Crippen LogP contribution in [0.3, 0.4) is 0 Å². The number of rotatable bonds is 7. The highest BCUT2D eigenvalue weighted by atomic mass is 16.6. The van der Waals surface area contributed by atoms with Crippen molar-refractivity contribution in [1.82, 2.24) is 0 Å². The molecular weight excluding hydrogens is 422 g/mol. The van der Waals surface area contributed by atoms with Gasteiger partial charge in [-0.1, -0.05) is 29.8 Å². The molecule has 2 amide bonds. The first-order chi connectivity index (χ1) is 15.9. The van der Waals surface area contributed by atoms with Gasteiger partial charge in [0.05, 0.1) is 28.5 Å². The zero-order chi connectivity index (χ0) is 23.5. The Kier molecular flexibility index (Phi) is 5.91. The number of hydrogen-bond donors (Lipinski definition) is 1. The molecular formula is C25H21N3O5. The average molecular weight is 443 g/mol. The Morgan fingerprint density at radius 2 is 1.61 bits per heavy atom. The fourth-order valence-corrected chi connectivity index (χ4v) is 3.58. The van der Waals surface area contributed by atoms with Crippen LogP contribution < -0.4 is 15.0 Å². The van der Waals surface area contributed by atoms with E-state index in [1.54, 1.807) is 30.3 Å². The molecule has 0 atom stereocenters. The number of carbonyl (C=O) groups excluding carboxylic acids is 2. The van der Waals surface area contributed by atoms with Crippen LogP contribution in [0.2, 0.25) is 0 Å². The van der Waals surface area contributed by atoms with Gasteiger partial charge in [0.15, 0.2) is 0 Å². The Balaban J connectivity index is 1.82. The predicted octanol–water partition coefficient (Wildman–Crippen LogP) is 4.70. The zero-order valence-corrected chi connectivity index (χ0v) is 18.1. The van der Waals surface area contributed by atoms with Crippen LogP contribution in [0.15, 0.2) is 78.5 Å². The Labute approximate surface area is 190 Å². The summed E-state index contributed by atoms with van der Waals surface area (Å²) < 4.78 is 5.65. The van der Waals surface area contributed by atoms with Gasteiger partial charge in [-0.15, -0.1) is 0 Å². The number of benzene rings is 3. The van der Waals surface area contributed by atoms with Crippen LogP contribution in [0.5, 0.6) is 5.75 Å². The average Bonchev–Trinajstić information content (AvgIpc) is 3.05. The lowest BCUT2D eigenvalue weighted by molar-refractivity contribution is -0.384. The summed E-state index contributed by atoms with van der Waals surface area (Å²) in [4.78, 5) is 38.6. The van der Waals surface area contributed by atoms with Gasteiger partial charge in [0.1, 0.15) is 11.4 Å². The van der Waals surface area contributed by atoms with Crippen molar-refractivity contribution in [3.05, 3.63) is 99.7 Å². The normalized spacial score (nSPS) is 13.5. The van der Waals surface area contributed by atoms with Crippen LogP contribution in [0.4, 0.5) is 17.1 Å². The van der Waals surface area contributed by atoms with Crippen molar-refractivity contribution in [2.45, 2.75) is 13.8 Å². The first-order valence-corrected chi connectivity index (χ1v) is 10.3. The minimum atomic E-state index is -0.525. The van der Waals surface area contributed by atoms with E-state index in [4.69, 9.17) is 4.74 Å². The zero-order valence-electron chi connectivity index (χ0n) is 18.1. The second kappa shape index (κ2) is 8.96. The van der Waals surface area contributed by atoms with Gasteiger partial charge >= 0.3 is 0 Å². The smallest absolute Gasteiger partial charge is 0.282 e. The maximum absolute atomic E-state index is 13.5. The van der Waals surface area contributed by atoms with E-state index in [0.29, 0.717) is 29.3 Å². The summed E-state index contributed by atoms with van der Waals surface area (Å²) in [6, 6.07) is 19.7. The summed E-state index contributed by atoms with van der Waals surface area (Å²) in [7, 11) is 0. The number of amides is 2. The Morgan fingerprint density at radius 1 is 0.939 bits per heavy atom. The molecule has 0 bridgehead atoms. The number of nitrogens with zero attached hydrogens (tertiary/aromatic N) is 2. The number of imide groups is 1. The largest absolute Gasteiger partial charge is 0.492 e. The lowest BCUT2D eigenvalue weighted by Crippen LogP contribution is -2.32. The third-order valence-electron chi connectivity index (χ3n) is 5.19. The number of anilines is 2. The number of ether oxygens (including phenoxy) is 1. The molecule has 3 aromatic carbocycles. The number of non-ortho nitro benzene ring substituents is 1. The molecule has 0 aliphatic carbocycles. The number of aryl methyl sites for hydroxylation is 1. The van der Waals surface area contributed by atoms with E-state index in [0.717, 1.165) is 10.5 Å². The van der Waals surface area contributed by atoms with Gasteiger partial charge in [0.2, 0.25) is 0 Å². The van der Waals surface area contributed by atoms with Gasteiger partial charge in [-0.3, -0.25) is 19.7 Å². The highest BCUT2D eigenvalue weighted by molar-refractivity contribution is 6.46. The number of hydrogen-bond acceptors (Lipinski definition) is 6. The molecule has 0 unspecified atom stereocenters. The molecule has 1 aliphatic heterocycles. The van der Waals surface area contributed by atoms with Crippen LogP contribution >= 0.6 is 0 Å². The maximum Gasteiger partial charge on any atom is 0.282 e. The Morgan fingerprint density at radius 3 is 2.24 bits per heavy atom. The van der Waals surface area contributed by atoms with Crippen LogP contribution in [-0.4, -0.2) is 23.3 Å². The predicted molar refractivity (Wildman–Crippen MR) is 125 cm³/mol. The molecule has 0 fully saturated rings. The molecule has 0 radical (unpaired) electrons. The van der Waals surface area contributed by atoms with Gasteiger partial charge in [-0.05, 0) is 55.8 Å². The van der Waals surface area contributed by atoms with Crippen molar-refractivity contribution in [2.24, 2.45) is 0 Å². The number of nitro groups is 1. The van der Waals surface area contributed by atoms with Gasteiger partial charge in [-0.25, -0.2) is 4.90 Å². The fourth-order valence-electron chi connectivity index (χ4n) is 3.58. The number of carbonyl (C=O) groups is 2. The van der Waals surface area contributed by atoms with E-state index in [1.165, 1.54) is 24.3 Å². The molecule has 0 spiro atoms. The quantitative estimate of drug-likeness (QED) is 0.323. The van der Waals surface area contributed by atoms with E-state index in [1.807, 2.05) is 32.0 Å².